The van der Waals surface area contributed by atoms with E-state index < -0.39 is 0 Å². The molecular formula is C17H25NO. The quantitative estimate of drug-likeness (QED) is 0.520. The highest BCUT2D eigenvalue weighted by molar-refractivity contribution is 5.32. The molecule has 0 atom stereocenters. The molecule has 0 aliphatic rings. The maximum Gasteiger partial charge on any atom is 0.0462 e. The summed E-state index contributed by atoms with van der Waals surface area (Å²) in [5.74, 6) is 6.35. The molecule has 0 unspecified atom stereocenters. The molecule has 0 N–H and O–H groups in total. The Kier molecular flexibility index (Phi) is 8.76. The lowest BCUT2D eigenvalue weighted by Crippen LogP contribution is -1.90. The number of pyridine rings is 1. The van der Waals surface area contributed by atoms with E-state index in [1.807, 2.05) is 6.20 Å². The van der Waals surface area contributed by atoms with Crippen LogP contribution < -0.4 is 0 Å². The highest BCUT2D eigenvalue weighted by Crippen LogP contribution is 2.05. The van der Waals surface area contributed by atoms with Gasteiger partial charge in [0.1, 0.15) is 0 Å². The van der Waals surface area contributed by atoms with Gasteiger partial charge in [0, 0.05) is 37.6 Å². The van der Waals surface area contributed by atoms with E-state index in [2.05, 4.69) is 35.9 Å². The molecule has 0 saturated heterocycles. The van der Waals surface area contributed by atoms with Crippen molar-refractivity contribution < 1.29 is 4.74 Å². The first-order valence-corrected chi connectivity index (χ1v) is 7.29. The van der Waals surface area contributed by atoms with Crippen molar-refractivity contribution in [2.45, 2.75) is 51.9 Å². The first-order valence-electron chi connectivity index (χ1n) is 7.29. The third-order valence-corrected chi connectivity index (χ3v) is 2.99. The molecule has 1 aromatic rings. The van der Waals surface area contributed by atoms with Crippen molar-refractivity contribution in [2.75, 3.05) is 13.7 Å². The fraction of sp³-hybridized carbons (Fsp3) is 0.588. The normalized spacial score (nSPS) is 10.0. The van der Waals surface area contributed by atoms with Gasteiger partial charge < -0.3 is 4.74 Å². The van der Waals surface area contributed by atoms with Crippen molar-refractivity contribution in [3.63, 3.8) is 0 Å². The Balaban J connectivity index is 2.29. The Bertz CT molecular complexity index is 386. The van der Waals surface area contributed by atoms with E-state index in [9.17, 15) is 0 Å². The van der Waals surface area contributed by atoms with Gasteiger partial charge in [-0.3, -0.25) is 4.98 Å². The zero-order valence-corrected chi connectivity index (χ0v) is 12.2. The lowest BCUT2D eigenvalue weighted by atomic mass is 10.1. The second kappa shape index (κ2) is 10.6. The molecule has 0 fully saturated rings. The van der Waals surface area contributed by atoms with E-state index in [4.69, 9.17) is 4.74 Å². The van der Waals surface area contributed by atoms with Crippen molar-refractivity contribution in [3.8, 4) is 11.8 Å². The van der Waals surface area contributed by atoms with Crippen LogP contribution in [0.5, 0.6) is 0 Å². The van der Waals surface area contributed by atoms with Crippen LogP contribution in [0.4, 0.5) is 0 Å². The third kappa shape index (κ3) is 7.64. The van der Waals surface area contributed by atoms with Crippen molar-refractivity contribution in [1.82, 2.24) is 4.98 Å². The molecule has 1 heterocycles. The molecule has 19 heavy (non-hydrogen) atoms. The molecule has 0 aliphatic carbocycles. The van der Waals surface area contributed by atoms with E-state index in [1.54, 1.807) is 7.11 Å². The highest BCUT2D eigenvalue weighted by atomic mass is 16.5. The second-order valence-corrected chi connectivity index (χ2v) is 4.75. The van der Waals surface area contributed by atoms with Crippen molar-refractivity contribution in [1.29, 1.82) is 0 Å². The van der Waals surface area contributed by atoms with Crippen molar-refractivity contribution in [2.24, 2.45) is 0 Å². The predicted molar refractivity (Wildman–Crippen MR) is 80.1 cm³/mol. The molecule has 104 valence electrons. The number of rotatable bonds is 8. The third-order valence-electron chi connectivity index (χ3n) is 2.99. The summed E-state index contributed by atoms with van der Waals surface area (Å²) in [4.78, 5) is 4.46. The minimum atomic E-state index is 0.829. The molecule has 0 saturated carbocycles. The highest BCUT2D eigenvalue weighted by Gasteiger charge is 1.94. The number of hydrogen-bond donors (Lipinski definition) is 0. The summed E-state index contributed by atoms with van der Waals surface area (Å²) < 4.78 is 5.00. The minimum absolute atomic E-state index is 0.829. The molecule has 2 heteroatoms. The number of methoxy groups -OCH3 is 1. The smallest absolute Gasteiger partial charge is 0.0462 e. The Labute approximate surface area is 117 Å². The van der Waals surface area contributed by atoms with Gasteiger partial charge in [0.05, 0.1) is 0 Å². The second-order valence-electron chi connectivity index (χ2n) is 4.75. The number of hydrogen-bond acceptors (Lipinski definition) is 2. The number of ether oxygens (including phenoxy) is 1. The maximum absolute atomic E-state index is 5.00. The van der Waals surface area contributed by atoms with Gasteiger partial charge in [0.15, 0.2) is 0 Å². The van der Waals surface area contributed by atoms with Crippen LogP contribution in [0.2, 0.25) is 0 Å². The predicted octanol–water partition coefficient (Wildman–Crippen LogP) is 3.98. The number of aromatic nitrogens is 1. The summed E-state index contributed by atoms with van der Waals surface area (Å²) in [5, 5.41) is 0. The van der Waals surface area contributed by atoms with E-state index in [0.29, 0.717) is 0 Å². The molecule has 1 rings (SSSR count). The van der Waals surface area contributed by atoms with Crippen LogP contribution in [0.25, 0.3) is 0 Å². The fourth-order valence-electron chi connectivity index (χ4n) is 1.83. The minimum Gasteiger partial charge on any atom is -0.385 e. The molecular weight excluding hydrogens is 234 g/mol. The van der Waals surface area contributed by atoms with Gasteiger partial charge in [-0.15, -0.1) is 0 Å². The lowest BCUT2D eigenvalue weighted by molar-refractivity contribution is 0.193. The van der Waals surface area contributed by atoms with Crippen LogP contribution in [0.3, 0.4) is 0 Å². The summed E-state index contributed by atoms with van der Waals surface area (Å²) >= 11 is 0. The largest absolute Gasteiger partial charge is 0.385 e. The van der Waals surface area contributed by atoms with E-state index >= 15 is 0 Å². The Morgan fingerprint density at radius 3 is 2.74 bits per heavy atom. The van der Waals surface area contributed by atoms with E-state index in [0.717, 1.165) is 37.9 Å². The molecule has 2 nitrogen and oxygen atoms in total. The summed E-state index contributed by atoms with van der Waals surface area (Å²) in [5.41, 5.74) is 2.20. The Hall–Kier alpha value is -1.33. The SMILES string of the molecule is CCCCCc1ccc(C#CCCCCOC)cn1. The van der Waals surface area contributed by atoms with Gasteiger partial charge in [0.2, 0.25) is 0 Å². The zero-order chi connectivity index (χ0) is 13.8. The van der Waals surface area contributed by atoms with Crippen LogP contribution in [-0.2, 0) is 11.2 Å². The van der Waals surface area contributed by atoms with Gasteiger partial charge in [-0.25, -0.2) is 0 Å². The Morgan fingerprint density at radius 2 is 2.05 bits per heavy atom. The van der Waals surface area contributed by atoms with Crippen LogP contribution in [0.1, 0.15) is 56.7 Å². The standard InChI is InChI=1S/C17H25NO/c1-3-4-7-11-17-13-12-16(15-18-17)10-8-5-6-9-14-19-2/h12-13,15H,3-7,9,11,14H2,1-2H3. The molecule has 0 aromatic carbocycles. The number of unbranched alkanes of at least 4 members (excludes halogenated alkanes) is 4. The molecule has 0 spiro atoms. The monoisotopic (exact) mass is 259 g/mol. The molecule has 1 aromatic heterocycles. The molecule has 0 bridgehead atoms. The van der Waals surface area contributed by atoms with Gasteiger partial charge in [-0.2, -0.15) is 0 Å². The zero-order valence-electron chi connectivity index (χ0n) is 12.2. The van der Waals surface area contributed by atoms with Crippen molar-refractivity contribution >= 4 is 0 Å². The molecule has 0 amide bonds. The van der Waals surface area contributed by atoms with Crippen LogP contribution in [0.15, 0.2) is 18.3 Å². The van der Waals surface area contributed by atoms with Crippen LogP contribution in [-0.4, -0.2) is 18.7 Å². The van der Waals surface area contributed by atoms with E-state index in [-0.39, 0.29) is 0 Å². The summed E-state index contributed by atoms with van der Waals surface area (Å²) in [6.45, 7) is 3.05. The van der Waals surface area contributed by atoms with Crippen molar-refractivity contribution in [3.05, 3.63) is 29.6 Å². The Morgan fingerprint density at radius 1 is 1.16 bits per heavy atom. The van der Waals surface area contributed by atoms with Crippen LogP contribution >= 0.6 is 0 Å². The first kappa shape index (κ1) is 15.7. The maximum atomic E-state index is 5.00. The number of nitrogens with zero attached hydrogens (tertiary/aromatic N) is 1. The average Bonchev–Trinajstić information content (AvgIpc) is 2.44. The molecule has 0 aliphatic heterocycles. The first-order chi connectivity index (χ1) is 9.36. The summed E-state index contributed by atoms with van der Waals surface area (Å²) in [7, 11) is 1.74. The number of aryl methyl sites for hydroxylation is 1. The van der Waals surface area contributed by atoms with E-state index in [1.165, 1.54) is 25.0 Å². The van der Waals surface area contributed by atoms with Gasteiger partial charge in [-0.05, 0) is 37.8 Å². The van der Waals surface area contributed by atoms with Crippen LogP contribution in [0, 0.1) is 11.8 Å². The fourth-order valence-corrected chi connectivity index (χ4v) is 1.83. The van der Waals surface area contributed by atoms with Gasteiger partial charge >= 0.3 is 0 Å². The topological polar surface area (TPSA) is 22.1 Å². The van der Waals surface area contributed by atoms with Gasteiger partial charge in [0.25, 0.3) is 0 Å². The average molecular weight is 259 g/mol. The molecule has 0 radical (unpaired) electrons. The summed E-state index contributed by atoms with van der Waals surface area (Å²) in [6, 6.07) is 4.18. The summed E-state index contributed by atoms with van der Waals surface area (Å²) in [6.07, 6.45) is 9.86. The lowest BCUT2D eigenvalue weighted by Gasteiger charge is -1.99. The van der Waals surface area contributed by atoms with Gasteiger partial charge in [-0.1, -0.05) is 31.6 Å².